The van der Waals surface area contributed by atoms with Crippen molar-refractivity contribution < 1.29 is 0 Å². The number of piperidine rings is 1. The summed E-state index contributed by atoms with van der Waals surface area (Å²) >= 11 is 0. The highest BCUT2D eigenvalue weighted by atomic mass is 16.1. The summed E-state index contributed by atoms with van der Waals surface area (Å²) in [5.74, 6) is 0.734. The zero-order chi connectivity index (χ0) is 18.7. The second-order valence-corrected chi connectivity index (χ2v) is 7.46. The maximum atomic E-state index is 12.3. The quantitative estimate of drug-likeness (QED) is 0.808. The molecule has 3 heterocycles. The second kappa shape index (κ2) is 7.95. The smallest absolute Gasteiger partial charge is 0.270 e. The molecule has 0 bridgehead atoms. The van der Waals surface area contributed by atoms with Crippen LogP contribution in [0.1, 0.15) is 43.9 Å². The lowest BCUT2D eigenvalue weighted by Crippen LogP contribution is -2.37. The molecular formula is C19H27N5O2. The Hall–Kier alpha value is -2.28. The van der Waals surface area contributed by atoms with Gasteiger partial charge in [-0.1, -0.05) is 13.8 Å². The minimum Gasteiger partial charge on any atom is -0.299 e. The number of nitrogens with zero attached hydrogens (tertiary/aromatic N) is 5. The van der Waals surface area contributed by atoms with Gasteiger partial charge in [0.1, 0.15) is 0 Å². The number of rotatable bonds is 5. The predicted octanol–water partition coefficient (Wildman–Crippen LogP) is 1.37. The van der Waals surface area contributed by atoms with Crippen LogP contribution in [0.3, 0.4) is 0 Å². The third-order valence-electron chi connectivity index (χ3n) is 5.13. The van der Waals surface area contributed by atoms with E-state index in [-0.39, 0.29) is 17.0 Å². The molecule has 0 aliphatic carbocycles. The minimum absolute atomic E-state index is 0.0301. The Kier molecular flexibility index (Phi) is 5.66. The molecule has 3 rings (SSSR count). The zero-order valence-corrected chi connectivity index (χ0v) is 15.8. The molecule has 0 atom stereocenters. The first-order chi connectivity index (χ1) is 12.4. The van der Waals surface area contributed by atoms with Crippen molar-refractivity contribution in [2.24, 2.45) is 13.0 Å². The molecule has 26 heavy (non-hydrogen) atoms. The highest BCUT2D eigenvalue weighted by molar-refractivity contribution is 5.07. The van der Waals surface area contributed by atoms with Crippen molar-refractivity contribution in [2.75, 3.05) is 13.1 Å². The molecule has 2 aromatic rings. The third kappa shape index (κ3) is 4.27. The molecule has 1 aliphatic rings. The maximum Gasteiger partial charge on any atom is 0.270 e. The Bertz CT molecular complexity index is 863. The van der Waals surface area contributed by atoms with E-state index in [1.165, 1.54) is 4.68 Å². The van der Waals surface area contributed by atoms with Gasteiger partial charge in [-0.25, -0.2) is 9.67 Å². The summed E-state index contributed by atoms with van der Waals surface area (Å²) in [4.78, 5) is 31.1. The Labute approximate surface area is 153 Å². The number of hydrogen-bond donors (Lipinski definition) is 0. The SMILES string of the molecule is CC(C)c1cc(=O)n(CC2CCN(Cc3ccnn(C)c3=O)CC2)cn1. The molecule has 140 valence electrons. The van der Waals surface area contributed by atoms with Gasteiger partial charge < -0.3 is 0 Å². The van der Waals surface area contributed by atoms with Gasteiger partial charge in [0.15, 0.2) is 0 Å². The van der Waals surface area contributed by atoms with Crippen molar-refractivity contribution in [3.63, 3.8) is 0 Å². The van der Waals surface area contributed by atoms with E-state index < -0.39 is 0 Å². The lowest BCUT2D eigenvalue weighted by atomic mass is 9.96. The van der Waals surface area contributed by atoms with Crippen molar-refractivity contribution in [1.82, 2.24) is 24.2 Å². The van der Waals surface area contributed by atoms with Gasteiger partial charge in [0.25, 0.3) is 11.1 Å². The van der Waals surface area contributed by atoms with E-state index in [1.807, 2.05) is 13.8 Å². The van der Waals surface area contributed by atoms with E-state index in [0.29, 0.717) is 12.5 Å². The van der Waals surface area contributed by atoms with Crippen LogP contribution in [-0.2, 0) is 20.1 Å². The highest BCUT2D eigenvalue weighted by Gasteiger charge is 2.21. The molecule has 0 amide bonds. The van der Waals surface area contributed by atoms with Crippen LogP contribution in [0.4, 0.5) is 0 Å². The van der Waals surface area contributed by atoms with Gasteiger partial charge in [-0.3, -0.25) is 19.1 Å². The lowest BCUT2D eigenvalue weighted by molar-refractivity contribution is 0.165. The van der Waals surface area contributed by atoms with Crippen molar-refractivity contribution in [2.45, 2.75) is 45.7 Å². The molecule has 0 spiro atoms. The Morgan fingerprint density at radius 1 is 1.23 bits per heavy atom. The van der Waals surface area contributed by atoms with Gasteiger partial charge in [-0.05, 0) is 43.8 Å². The van der Waals surface area contributed by atoms with Crippen LogP contribution in [0.15, 0.2) is 34.2 Å². The number of hydrogen-bond acceptors (Lipinski definition) is 5. The summed E-state index contributed by atoms with van der Waals surface area (Å²) in [6.07, 6.45) is 5.39. The largest absolute Gasteiger partial charge is 0.299 e. The molecule has 0 unspecified atom stereocenters. The normalized spacial score (nSPS) is 16.3. The number of aromatic nitrogens is 4. The van der Waals surface area contributed by atoms with E-state index >= 15 is 0 Å². The third-order valence-corrected chi connectivity index (χ3v) is 5.13. The zero-order valence-electron chi connectivity index (χ0n) is 15.8. The predicted molar refractivity (Wildman–Crippen MR) is 100 cm³/mol. The van der Waals surface area contributed by atoms with Gasteiger partial charge >= 0.3 is 0 Å². The number of aryl methyl sites for hydroxylation is 1. The summed E-state index contributed by atoms with van der Waals surface area (Å²) < 4.78 is 3.10. The van der Waals surface area contributed by atoms with Crippen LogP contribution in [0, 0.1) is 5.92 Å². The summed E-state index contributed by atoms with van der Waals surface area (Å²) in [6, 6.07) is 3.45. The molecule has 0 N–H and O–H groups in total. The topological polar surface area (TPSA) is 73.0 Å². The van der Waals surface area contributed by atoms with E-state index in [2.05, 4.69) is 15.0 Å². The van der Waals surface area contributed by atoms with Gasteiger partial charge in [0.2, 0.25) is 0 Å². The average Bonchev–Trinajstić information content (AvgIpc) is 2.62. The molecule has 1 fully saturated rings. The molecular weight excluding hydrogens is 330 g/mol. The van der Waals surface area contributed by atoms with Gasteiger partial charge in [0, 0.05) is 38.0 Å². The molecule has 0 aromatic carbocycles. The van der Waals surface area contributed by atoms with Crippen LogP contribution in [-0.4, -0.2) is 37.3 Å². The van der Waals surface area contributed by atoms with Gasteiger partial charge in [-0.15, -0.1) is 0 Å². The summed E-state index contributed by atoms with van der Waals surface area (Å²) in [5, 5.41) is 3.96. The van der Waals surface area contributed by atoms with Crippen LogP contribution in [0.25, 0.3) is 0 Å². The molecule has 1 aliphatic heterocycles. The molecule has 0 radical (unpaired) electrons. The maximum absolute atomic E-state index is 12.3. The van der Waals surface area contributed by atoms with Crippen LogP contribution in [0.2, 0.25) is 0 Å². The van der Waals surface area contributed by atoms with E-state index in [1.54, 1.807) is 36.3 Å². The average molecular weight is 357 g/mol. The first-order valence-corrected chi connectivity index (χ1v) is 9.24. The van der Waals surface area contributed by atoms with E-state index in [9.17, 15) is 9.59 Å². The fourth-order valence-corrected chi connectivity index (χ4v) is 3.41. The Balaban J connectivity index is 1.56. The van der Waals surface area contributed by atoms with Gasteiger partial charge in [0.05, 0.1) is 12.0 Å². The summed E-state index contributed by atoms with van der Waals surface area (Å²) in [5.41, 5.74) is 1.63. The first kappa shape index (κ1) is 18.5. The van der Waals surface area contributed by atoms with Crippen molar-refractivity contribution >= 4 is 0 Å². The second-order valence-electron chi connectivity index (χ2n) is 7.46. The van der Waals surface area contributed by atoms with E-state index in [0.717, 1.165) is 43.7 Å². The van der Waals surface area contributed by atoms with Crippen molar-refractivity contribution in [3.8, 4) is 0 Å². The number of likely N-dealkylation sites (tertiary alicyclic amines) is 1. The summed E-state index contributed by atoms with van der Waals surface area (Å²) in [6.45, 7) is 7.32. The van der Waals surface area contributed by atoms with E-state index in [4.69, 9.17) is 0 Å². The standard InChI is InChI=1S/C19H27N5O2/c1-14(2)17-10-18(25)24(13-20-17)11-15-5-8-23(9-6-15)12-16-4-7-21-22(3)19(16)26/h4,7,10,13-15H,5-6,8-9,11-12H2,1-3H3. The minimum atomic E-state index is -0.0301. The molecule has 2 aromatic heterocycles. The van der Waals surface area contributed by atoms with Crippen LogP contribution >= 0.6 is 0 Å². The highest BCUT2D eigenvalue weighted by Crippen LogP contribution is 2.19. The van der Waals surface area contributed by atoms with Crippen LogP contribution in [0.5, 0.6) is 0 Å². The summed E-state index contributed by atoms with van der Waals surface area (Å²) in [7, 11) is 1.67. The van der Waals surface area contributed by atoms with Gasteiger partial charge in [-0.2, -0.15) is 5.10 Å². The molecule has 0 saturated carbocycles. The lowest BCUT2D eigenvalue weighted by Gasteiger charge is -2.32. The Morgan fingerprint density at radius 2 is 1.96 bits per heavy atom. The molecule has 1 saturated heterocycles. The monoisotopic (exact) mass is 357 g/mol. The molecule has 7 heteroatoms. The van der Waals surface area contributed by atoms with Crippen molar-refractivity contribution in [1.29, 1.82) is 0 Å². The fraction of sp³-hybridized carbons (Fsp3) is 0.579. The molecule has 7 nitrogen and oxygen atoms in total. The van der Waals surface area contributed by atoms with Crippen molar-refractivity contribution in [3.05, 3.63) is 56.6 Å². The van der Waals surface area contributed by atoms with Crippen LogP contribution < -0.4 is 11.1 Å². The first-order valence-electron chi connectivity index (χ1n) is 9.24. The Morgan fingerprint density at radius 3 is 2.62 bits per heavy atom. The fourth-order valence-electron chi connectivity index (χ4n) is 3.41.